The maximum absolute atomic E-state index is 11.9. The number of carbonyl (C=O) groups excluding carboxylic acids is 2. The molecule has 1 saturated heterocycles. The zero-order chi connectivity index (χ0) is 15.1. The molecule has 0 saturated carbocycles. The lowest BCUT2D eigenvalue weighted by atomic mass is 10.0. The first kappa shape index (κ1) is 15.5. The molecule has 1 unspecified atom stereocenters. The Hall–Kier alpha value is -1.88. The van der Waals surface area contributed by atoms with E-state index in [1.807, 2.05) is 0 Å². The number of hydrogen-bond donors (Lipinski definition) is 3. The lowest BCUT2D eigenvalue weighted by Crippen LogP contribution is -2.34. The molecule has 1 fully saturated rings. The fraction of sp³-hybridized carbons (Fsp3) is 0.500. The van der Waals surface area contributed by atoms with E-state index in [2.05, 4.69) is 16.0 Å². The Morgan fingerprint density at radius 1 is 1.24 bits per heavy atom. The van der Waals surface area contributed by atoms with E-state index in [0.29, 0.717) is 18.0 Å². The van der Waals surface area contributed by atoms with Crippen LogP contribution in [0.2, 0.25) is 0 Å². The van der Waals surface area contributed by atoms with Crippen molar-refractivity contribution in [1.82, 2.24) is 10.6 Å². The normalized spacial score (nSPS) is 18.0. The average molecular weight is 289 g/mol. The molecule has 1 aromatic carbocycles. The van der Waals surface area contributed by atoms with Crippen molar-refractivity contribution in [2.24, 2.45) is 0 Å². The van der Waals surface area contributed by atoms with Gasteiger partial charge in [0.2, 0.25) is 5.91 Å². The molecule has 2 rings (SSSR count). The molecule has 2 amide bonds. The first-order valence-electron chi connectivity index (χ1n) is 7.54. The Bertz CT molecular complexity index is 479. The van der Waals surface area contributed by atoms with Gasteiger partial charge in [-0.1, -0.05) is 6.42 Å². The predicted octanol–water partition coefficient (Wildman–Crippen LogP) is 1.91. The lowest BCUT2D eigenvalue weighted by molar-refractivity contribution is -0.116. The van der Waals surface area contributed by atoms with E-state index in [4.69, 9.17) is 0 Å². The predicted molar refractivity (Wildman–Crippen MR) is 83.3 cm³/mol. The summed E-state index contributed by atoms with van der Waals surface area (Å²) in [5, 5.41) is 8.87. The highest BCUT2D eigenvalue weighted by Crippen LogP contribution is 2.14. The molecule has 0 spiro atoms. The third-order valence-electron chi connectivity index (χ3n) is 3.79. The number of benzene rings is 1. The van der Waals surface area contributed by atoms with E-state index in [0.717, 1.165) is 25.1 Å². The minimum absolute atomic E-state index is 0.0232. The monoisotopic (exact) mass is 289 g/mol. The summed E-state index contributed by atoms with van der Waals surface area (Å²) in [6.45, 7) is 1.06. The largest absolute Gasteiger partial charge is 0.355 e. The summed E-state index contributed by atoms with van der Waals surface area (Å²) in [4.78, 5) is 23.3. The Kier molecular flexibility index (Phi) is 5.75. The van der Waals surface area contributed by atoms with Crippen LogP contribution in [-0.4, -0.2) is 31.4 Å². The van der Waals surface area contributed by atoms with Crippen LogP contribution < -0.4 is 16.0 Å². The van der Waals surface area contributed by atoms with Gasteiger partial charge in [-0.3, -0.25) is 9.59 Å². The molecule has 0 aliphatic carbocycles. The van der Waals surface area contributed by atoms with Crippen molar-refractivity contribution >= 4 is 17.5 Å². The number of rotatable bonds is 5. The topological polar surface area (TPSA) is 70.2 Å². The van der Waals surface area contributed by atoms with Gasteiger partial charge < -0.3 is 16.0 Å². The van der Waals surface area contributed by atoms with Crippen LogP contribution in [0.15, 0.2) is 24.3 Å². The van der Waals surface area contributed by atoms with Crippen molar-refractivity contribution in [3.8, 4) is 0 Å². The SMILES string of the molecule is CNC(=O)c1ccc(NC(=O)CCC2CCCCN2)cc1. The molecule has 0 radical (unpaired) electrons. The quantitative estimate of drug-likeness (QED) is 0.775. The van der Waals surface area contributed by atoms with Gasteiger partial charge in [-0.25, -0.2) is 0 Å². The molecule has 1 atom stereocenters. The summed E-state index contributed by atoms with van der Waals surface area (Å²) >= 11 is 0. The molecule has 1 aromatic rings. The van der Waals surface area contributed by atoms with Crippen LogP contribution in [0.3, 0.4) is 0 Å². The first-order chi connectivity index (χ1) is 10.2. The third kappa shape index (κ3) is 4.86. The van der Waals surface area contributed by atoms with Crippen LogP contribution in [0.25, 0.3) is 0 Å². The van der Waals surface area contributed by atoms with Gasteiger partial charge in [-0.2, -0.15) is 0 Å². The molecule has 114 valence electrons. The smallest absolute Gasteiger partial charge is 0.251 e. The minimum Gasteiger partial charge on any atom is -0.355 e. The number of anilines is 1. The Morgan fingerprint density at radius 2 is 2.00 bits per heavy atom. The van der Waals surface area contributed by atoms with E-state index >= 15 is 0 Å². The highest BCUT2D eigenvalue weighted by molar-refractivity contribution is 5.95. The van der Waals surface area contributed by atoms with Gasteiger partial charge in [0.25, 0.3) is 5.91 Å². The van der Waals surface area contributed by atoms with E-state index in [9.17, 15) is 9.59 Å². The second-order valence-electron chi connectivity index (χ2n) is 5.39. The number of hydrogen-bond acceptors (Lipinski definition) is 3. The minimum atomic E-state index is -0.128. The van der Waals surface area contributed by atoms with Crippen LogP contribution in [0.5, 0.6) is 0 Å². The summed E-state index contributed by atoms with van der Waals surface area (Å²) < 4.78 is 0. The molecule has 0 bridgehead atoms. The second kappa shape index (κ2) is 7.78. The first-order valence-corrected chi connectivity index (χ1v) is 7.54. The molecule has 5 nitrogen and oxygen atoms in total. The molecule has 3 N–H and O–H groups in total. The summed E-state index contributed by atoms with van der Waals surface area (Å²) in [5.74, 6) is -0.105. The zero-order valence-corrected chi connectivity index (χ0v) is 12.4. The van der Waals surface area contributed by atoms with E-state index in [1.54, 1.807) is 31.3 Å². The zero-order valence-electron chi connectivity index (χ0n) is 12.4. The molecular weight excluding hydrogens is 266 g/mol. The number of amides is 2. The summed E-state index contributed by atoms with van der Waals surface area (Å²) in [6, 6.07) is 7.39. The second-order valence-corrected chi connectivity index (χ2v) is 5.39. The fourth-order valence-corrected chi connectivity index (χ4v) is 2.55. The summed E-state index contributed by atoms with van der Waals surface area (Å²) in [7, 11) is 1.59. The van der Waals surface area contributed by atoms with Crippen molar-refractivity contribution in [2.45, 2.75) is 38.1 Å². The van der Waals surface area contributed by atoms with Gasteiger partial charge in [-0.05, 0) is 50.1 Å². The van der Waals surface area contributed by atoms with E-state index < -0.39 is 0 Å². The fourth-order valence-electron chi connectivity index (χ4n) is 2.55. The number of nitrogens with one attached hydrogen (secondary N) is 3. The third-order valence-corrected chi connectivity index (χ3v) is 3.79. The van der Waals surface area contributed by atoms with Crippen molar-refractivity contribution in [1.29, 1.82) is 0 Å². The molecular formula is C16H23N3O2. The lowest BCUT2D eigenvalue weighted by Gasteiger charge is -2.23. The van der Waals surface area contributed by atoms with Gasteiger partial charge >= 0.3 is 0 Å². The molecule has 21 heavy (non-hydrogen) atoms. The molecule has 1 heterocycles. The highest BCUT2D eigenvalue weighted by Gasteiger charge is 2.14. The van der Waals surface area contributed by atoms with Gasteiger partial charge in [-0.15, -0.1) is 0 Å². The number of carbonyl (C=O) groups is 2. The van der Waals surface area contributed by atoms with Gasteiger partial charge in [0.05, 0.1) is 0 Å². The van der Waals surface area contributed by atoms with E-state index in [-0.39, 0.29) is 11.8 Å². The van der Waals surface area contributed by atoms with Crippen LogP contribution in [0.1, 0.15) is 42.5 Å². The van der Waals surface area contributed by atoms with Crippen LogP contribution in [0.4, 0.5) is 5.69 Å². The maximum atomic E-state index is 11.9. The highest BCUT2D eigenvalue weighted by atomic mass is 16.2. The average Bonchev–Trinajstić information content (AvgIpc) is 2.54. The molecule has 1 aliphatic rings. The molecule has 5 heteroatoms. The van der Waals surface area contributed by atoms with Crippen molar-refractivity contribution in [3.05, 3.63) is 29.8 Å². The molecule has 1 aliphatic heterocycles. The van der Waals surface area contributed by atoms with Crippen LogP contribution in [-0.2, 0) is 4.79 Å². The van der Waals surface area contributed by atoms with Crippen LogP contribution >= 0.6 is 0 Å². The Labute approximate surface area is 125 Å². The van der Waals surface area contributed by atoms with Crippen LogP contribution in [0, 0.1) is 0 Å². The Balaban J connectivity index is 1.77. The van der Waals surface area contributed by atoms with Gasteiger partial charge in [0.1, 0.15) is 0 Å². The Morgan fingerprint density at radius 3 is 2.62 bits per heavy atom. The number of piperidine rings is 1. The van der Waals surface area contributed by atoms with Gasteiger partial charge in [0, 0.05) is 30.8 Å². The van der Waals surface area contributed by atoms with Gasteiger partial charge in [0.15, 0.2) is 0 Å². The summed E-state index contributed by atoms with van der Waals surface area (Å²) in [6.07, 6.45) is 5.05. The maximum Gasteiger partial charge on any atom is 0.251 e. The van der Waals surface area contributed by atoms with Crippen molar-refractivity contribution in [3.63, 3.8) is 0 Å². The molecule has 0 aromatic heterocycles. The standard InChI is InChI=1S/C16H23N3O2/c1-17-16(21)12-5-7-14(8-6-12)19-15(20)10-9-13-4-2-3-11-18-13/h5-8,13,18H,2-4,9-11H2,1H3,(H,17,21)(H,19,20). The van der Waals surface area contributed by atoms with E-state index in [1.165, 1.54) is 12.8 Å². The van der Waals surface area contributed by atoms with Crippen molar-refractivity contribution < 1.29 is 9.59 Å². The summed E-state index contributed by atoms with van der Waals surface area (Å²) in [5.41, 5.74) is 1.31. The van der Waals surface area contributed by atoms with Crippen molar-refractivity contribution in [2.75, 3.05) is 18.9 Å².